The van der Waals surface area contributed by atoms with E-state index in [0.29, 0.717) is 4.99 Å². The van der Waals surface area contributed by atoms with E-state index in [9.17, 15) is 0 Å². The van der Waals surface area contributed by atoms with Gasteiger partial charge in [-0.25, -0.2) is 0 Å². The molecule has 0 saturated heterocycles. The fraction of sp³-hybridized carbons (Fsp3) is 0.500. The molecule has 0 unspecified atom stereocenters. The highest BCUT2D eigenvalue weighted by molar-refractivity contribution is 9.10. The Bertz CT molecular complexity index is 410. The van der Waals surface area contributed by atoms with E-state index in [2.05, 4.69) is 27.5 Å². The SMILES string of the molecule is CSCCCCCCNc1ccc(C(N)=S)cc1Br. The van der Waals surface area contributed by atoms with Gasteiger partial charge in [0.1, 0.15) is 4.99 Å². The highest BCUT2D eigenvalue weighted by atomic mass is 79.9. The number of nitrogens with one attached hydrogen (secondary N) is 1. The van der Waals surface area contributed by atoms with Crippen molar-refractivity contribution in [1.82, 2.24) is 0 Å². The fourth-order valence-electron chi connectivity index (χ4n) is 1.76. The number of benzene rings is 1. The first-order valence-electron chi connectivity index (χ1n) is 6.47. The van der Waals surface area contributed by atoms with Crippen molar-refractivity contribution in [2.75, 3.05) is 23.9 Å². The maximum Gasteiger partial charge on any atom is 0.104 e. The maximum absolute atomic E-state index is 5.60. The van der Waals surface area contributed by atoms with Crippen LogP contribution in [0.1, 0.15) is 31.2 Å². The van der Waals surface area contributed by atoms with Crippen molar-refractivity contribution in [3.63, 3.8) is 0 Å². The van der Waals surface area contributed by atoms with Gasteiger partial charge in [-0.3, -0.25) is 0 Å². The molecule has 0 radical (unpaired) electrons. The minimum atomic E-state index is 0.432. The van der Waals surface area contributed by atoms with Crippen LogP contribution in [0.5, 0.6) is 0 Å². The van der Waals surface area contributed by atoms with E-state index in [0.717, 1.165) is 22.3 Å². The molecular formula is C14H21BrN2S2. The summed E-state index contributed by atoms with van der Waals surface area (Å²) in [5.41, 5.74) is 7.59. The molecule has 1 rings (SSSR count). The van der Waals surface area contributed by atoms with E-state index < -0.39 is 0 Å². The van der Waals surface area contributed by atoms with E-state index >= 15 is 0 Å². The summed E-state index contributed by atoms with van der Waals surface area (Å²) in [4.78, 5) is 0.432. The Morgan fingerprint density at radius 1 is 1.32 bits per heavy atom. The topological polar surface area (TPSA) is 38.0 Å². The predicted octanol–water partition coefficient (Wildman–Crippen LogP) is 4.42. The minimum Gasteiger partial charge on any atom is -0.389 e. The molecule has 0 aliphatic rings. The number of thiocarbonyl (C=S) groups is 1. The normalized spacial score (nSPS) is 10.4. The molecule has 2 nitrogen and oxygen atoms in total. The van der Waals surface area contributed by atoms with E-state index in [-0.39, 0.29) is 0 Å². The van der Waals surface area contributed by atoms with Crippen LogP contribution < -0.4 is 11.1 Å². The summed E-state index contributed by atoms with van der Waals surface area (Å²) in [5.74, 6) is 1.28. The summed E-state index contributed by atoms with van der Waals surface area (Å²) in [5, 5.41) is 3.43. The average Bonchev–Trinajstić information content (AvgIpc) is 2.39. The Hall–Kier alpha value is -0.260. The number of rotatable bonds is 9. The Kier molecular flexibility index (Phi) is 8.50. The van der Waals surface area contributed by atoms with Crippen LogP contribution in [-0.2, 0) is 0 Å². The van der Waals surface area contributed by atoms with Gasteiger partial charge in [-0.15, -0.1) is 0 Å². The number of thioether (sulfide) groups is 1. The molecule has 0 amide bonds. The van der Waals surface area contributed by atoms with Gasteiger partial charge in [0.15, 0.2) is 0 Å². The monoisotopic (exact) mass is 360 g/mol. The zero-order valence-corrected chi connectivity index (χ0v) is 14.5. The van der Waals surface area contributed by atoms with Gasteiger partial charge < -0.3 is 11.1 Å². The standard InChI is InChI=1S/C14H21BrN2S2/c1-19-9-5-3-2-4-8-17-13-7-6-11(14(16)18)10-12(13)15/h6-7,10,17H,2-5,8-9H2,1H3,(H2,16,18). The molecule has 0 heterocycles. The molecular weight excluding hydrogens is 340 g/mol. The summed E-state index contributed by atoms with van der Waals surface area (Å²) < 4.78 is 1.01. The van der Waals surface area contributed by atoms with Crippen LogP contribution in [0.2, 0.25) is 0 Å². The Labute approximate surface area is 134 Å². The summed E-state index contributed by atoms with van der Waals surface area (Å²) >= 11 is 10.4. The summed E-state index contributed by atoms with van der Waals surface area (Å²) in [7, 11) is 0. The lowest BCUT2D eigenvalue weighted by Crippen LogP contribution is -2.10. The number of anilines is 1. The van der Waals surface area contributed by atoms with E-state index in [4.69, 9.17) is 18.0 Å². The zero-order valence-electron chi connectivity index (χ0n) is 11.2. The molecule has 19 heavy (non-hydrogen) atoms. The maximum atomic E-state index is 5.60. The van der Waals surface area contributed by atoms with E-state index in [1.165, 1.54) is 31.4 Å². The van der Waals surface area contributed by atoms with Crippen molar-refractivity contribution in [1.29, 1.82) is 0 Å². The van der Waals surface area contributed by atoms with Crippen LogP contribution >= 0.6 is 39.9 Å². The molecule has 1 aromatic rings. The second-order valence-corrected chi connectivity index (χ2v) is 6.67. The van der Waals surface area contributed by atoms with E-state index in [1.54, 1.807) is 0 Å². The molecule has 5 heteroatoms. The summed E-state index contributed by atoms with van der Waals surface area (Å²) in [6.45, 7) is 1.00. The molecule has 0 atom stereocenters. The van der Waals surface area contributed by atoms with Gasteiger partial charge in [0.05, 0.1) is 0 Å². The van der Waals surface area contributed by atoms with Crippen molar-refractivity contribution in [2.45, 2.75) is 25.7 Å². The minimum absolute atomic E-state index is 0.432. The van der Waals surface area contributed by atoms with Gasteiger partial charge in [0.25, 0.3) is 0 Å². The molecule has 106 valence electrons. The molecule has 1 aromatic carbocycles. The smallest absolute Gasteiger partial charge is 0.104 e. The van der Waals surface area contributed by atoms with Crippen LogP contribution in [0.25, 0.3) is 0 Å². The lowest BCUT2D eigenvalue weighted by atomic mass is 10.2. The number of halogens is 1. The second-order valence-electron chi connectivity index (χ2n) is 4.39. The zero-order chi connectivity index (χ0) is 14.1. The average molecular weight is 361 g/mol. The fourth-order valence-corrected chi connectivity index (χ4v) is 2.90. The highest BCUT2D eigenvalue weighted by Crippen LogP contribution is 2.23. The van der Waals surface area contributed by atoms with Crippen LogP contribution in [0.3, 0.4) is 0 Å². The molecule has 0 fully saturated rings. The van der Waals surface area contributed by atoms with Gasteiger partial charge in [0, 0.05) is 22.3 Å². The molecule has 0 aromatic heterocycles. The predicted molar refractivity (Wildman–Crippen MR) is 95.4 cm³/mol. The lowest BCUT2D eigenvalue weighted by Gasteiger charge is -2.09. The van der Waals surface area contributed by atoms with Gasteiger partial charge in [0.2, 0.25) is 0 Å². The number of hydrogen-bond acceptors (Lipinski definition) is 3. The molecule has 0 bridgehead atoms. The third kappa shape index (κ3) is 6.63. The van der Waals surface area contributed by atoms with Gasteiger partial charge in [-0.2, -0.15) is 11.8 Å². The first-order chi connectivity index (χ1) is 9.15. The lowest BCUT2D eigenvalue weighted by molar-refractivity contribution is 0.689. The summed E-state index contributed by atoms with van der Waals surface area (Å²) in [6, 6.07) is 5.93. The Balaban J connectivity index is 2.28. The van der Waals surface area contributed by atoms with Crippen LogP contribution in [0, 0.1) is 0 Å². The number of nitrogens with two attached hydrogens (primary N) is 1. The van der Waals surface area contributed by atoms with Crippen LogP contribution in [-0.4, -0.2) is 23.5 Å². The quantitative estimate of drug-likeness (QED) is 0.504. The first kappa shape index (κ1) is 16.8. The van der Waals surface area contributed by atoms with Crippen molar-refractivity contribution in [2.24, 2.45) is 5.73 Å². The van der Waals surface area contributed by atoms with Crippen LogP contribution in [0.15, 0.2) is 22.7 Å². The van der Waals surface area contributed by atoms with Crippen molar-refractivity contribution < 1.29 is 0 Å². The first-order valence-corrected chi connectivity index (χ1v) is 9.07. The molecule has 0 saturated carbocycles. The third-order valence-corrected chi connectivity index (χ3v) is 4.43. The molecule has 0 aliphatic carbocycles. The largest absolute Gasteiger partial charge is 0.389 e. The highest BCUT2D eigenvalue weighted by Gasteiger charge is 2.02. The van der Waals surface area contributed by atoms with Gasteiger partial charge in [-0.05, 0) is 59.0 Å². The molecule has 3 N–H and O–H groups in total. The van der Waals surface area contributed by atoms with Crippen molar-refractivity contribution in [3.05, 3.63) is 28.2 Å². The number of unbranched alkanes of at least 4 members (excludes halogenated alkanes) is 3. The molecule has 0 aliphatic heterocycles. The van der Waals surface area contributed by atoms with Gasteiger partial charge >= 0.3 is 0 Å². The Morgan fingerprint density at radius 2 is 2.05 bits per heavy atom. The van der Waals surface area contributed by atoms with Crippen molar-refractivity contribution >= 4 is 50.6 Å². The third-order valence-electron chi connectivity index (χ3n) is 2.84. The summed E-state index contributed by atoms with van der Waals surface area (Å²) in [6.07, 6.45) is 7.31. The second kappa shape index (κ2) is 9.61. The molecule has 0 spiro atoms. The van der Waals surface area contributed by atoms with E-state index in [1.807, 2.05) is 30.0 Å². The number of hydrogen-bond donors (Lipinski definition) is 2. The van der Waals surface area contributed by atoms with Crippen LogP contribution in [0.4, 0.5) is 5.69 Å². The van der Waals surface area contributed by atoms with Gasteiger partial charge in [-0.1, -0.05) is 25.1 Å². The van der Waals surface area contributed by atoms with Crippen molar-refractivity contribution in [3.8, 4) is 0 Å². The Morgan fingerprint density at radius 3 is 2.68 bits per heavy atom.